The lowest BCUT2D eigenvalue weighted by Gasteiger charge is -2.22. The first kappa shape index (κ1) is 12.2. The van der Waals surface area contributed by atoms with Crippen LogP contribution < -0.4 is 0 Å². The summed E-state index contributed by atoms with van der Waals surface area (Å²) in [5.41, 5.74) is 6.15. The summed E-state index contributed by atoms with van der Waals surface area (Å²) in [7, 11) is 0. The minimum Gasteiger partial charge on any atom is -0.0810 e. The first-order valence-corrected chi connectivity index (χ1v) is 6.80. The van der Waals surface area contributed by atoms with Crippen LogP contribution >= 0.6 is 0 Å². The Kier molecular flexibility index (Phi) is 4.19. The van der Waals surface area contributed by atoms with E-state index in [9.17, 15) is 0 Å². The van der Waals surface area contributed by atoms with Gasteiger partial charge in [0.05, 0.1) is 0 Å². The SMILES string of the molecule is CC/C=C1/Cc2ccccc2C/C1=C/CCC. The Hall–Kier alpha value is -1.30. The average molecular weight is 226 g/mol. The van der Waals surface area contributed by atoms with Gasteiger partial charge in [-0.3, -0.25) is 0 Å². The Bertz CT molecular complexity index is 435. The van der Waals surface area contributed by atoms with Crippen molar-refractivity contribution in [1.82, 2.24) is 0 Å². The molecule has 1 aliphatic carbocycles. The molecule has 0 heterocycles. The van der Waals surface area contributed by atoms with E-state index in [1.165, 1.54) is 24.0 Å². The Morgan fingerprint density at radius 3 is 2.06 bits per heavy atom. The molecule has 1 aliphatic rings. The average Bonchev–Trinajstić information content (AvgIpc) is 2.36. The first-order valence-electron chi connectivity index (χ1n) is 6.80. The number of hydrogen-bond donors (Lipinski definition) is 0. The summed E-state index contributed by atoms with van der Waals surface area (Å²) in [5, 5.41) is 0. The van der Waals surface area contributed by atoms with Crippen LogP contribution in [0.3, 0.4) is 0 Å². The van der Waals surface area contributed by atoms with E-state index in [-0.39, 0.29) is 0 Å². The monoisotopic (exact) mass is 226 g/mol. The number of fused-ring (bicyclic) bond motifs is 1. The molecule has 1 aromatic carbocycles. The Balaban J connectivity index is 2.31. The van der Waals surface area contributed by atoms with Gasteiger partial charge >= 0.3 is 0 Å². The molecule has 0 unspecified atom stereocenters. The molecule has 2 rings (SSSR count). The predicted octanol–water partition coefficient (Wildman–Crippen LogP) is 4.85. The van der Waals surface area contributed by atoms with Crippen molar-refractivity contribution in [1.29, 1.82) is 0 Å². The normalized spacial score (nSPS) is 19.6. The molecule has 0 saturated heterocycles. The zero-order valence-electron chi connectivity index (χ0n) is 11.0. The van der Waals surface area contributed by atoms with Crippen LogP contribution in [0.2, 0.25) is 0 Å². The topological polar surface area (TPSA) is 0 Å². The van der Waals surface area contributed by atoms with Gasteiger partial charge in [-0.1, -0.05) is 56.7 Å². The van der Waals surface area contributed by atoms with Gasteiger partial charge in [0.1, 0.15) is 0 Å². The molecule has 1 aromatic rings. The van der Waals surface area contributed by atoms with E-state index >= 15 is 0 Å². The fourth-order valence-corrected chi connectivity index (χ4v) is 2.51. The van der Waals surface area contributed by atoms with Gasteiger partial charge in [0.2, 0.25) is 0 Å². The maximum absolute atomic E-state index is 2.44. The van der Waals surface area contributed by atoms with E-state index in [1.54, 1.807) is 11.1 Å². The van der Waals surface area contributed by atoms with E-state index in [1.807, 2.05) is 0 Å². The maximum Gasteiger partial charge on any atom is -0.00234 e. The van der Waals surface area contributed by atoms with Crippen molar-refractivity contribution in [3.63, 3.8) is 0 Å². The van der Waals surface area contributed by atoms with Gasteiger partial charge in [-0.15, -0.1) is 0 Å². The summed E-state index contributed by atoms with van der Waals surface area (Å²) in [6, 6.07) is 8.86. The molecule has 90 valence electrons. The maximum atomic E-state index is 2.44. The molecular weight excluding hydrogens is 204 g/mol. The van der Waals surface area contributed by atoms with Crippen LogP contribution in [0.25, 0.3) is 0 Å². The van der Waals surface area contributed by atoms with Crippen LogP contribution in [0.15, 0.2) is 47.6 Å². The number of hydrogen-bond acceptors (Lipinski definition) is 0. The number of benzene rings is 1. The first-order chi connectivity index (χ1) is 8.35. The van der Waals surface area contributed by atoms with Crippen LogP contribution in [-0.4, -0.2) is 0 Å². The van der Waals surface area contributed by atoms with Crippen molar-refractivity contribution in [3.8, 4) is 0 Å². The van der Waals surface area contributed by atoms with E-state index in [2.05, 4.69) is 50.3 Å². The van der Waals surface area contributed by atoms with E-state index in [4.69, 9.17) is 0 Å². The molecule has 0 heteroatoms. The molecule has 17 heavy (non-hydrogen) atoms. The van der Waals surface area contributed by atoms with E-state index < -0.39 is 0 Å². The lowest BCUT2D eigenvalue weighted by atomic mass is 9.83. The highest BCUT2D eigenvalue weighted by atomic mass is 14.2. The van der Waals surface area contributed by atoms with Crippen LogP contribution in [0.4, 0.5) is 0 Å². The highest BCUT2D eigenvalue weighted by Crippen LogP contribution is 2.29. The van der Waals surface area contributed by atoms with Crippen molar-refractivity contribution >= 4 is 0 Å². The third kappa shape index (κ3) is 2.88. The van der Waals surface area contributed by atoms with Gasteiger partial charge in [-0.25, -0.2) is 0 Å². The second kappa shape index (κ2) is 5.86. The van der Waals surface area contributed by atoms with Gasteiger partial charge < -0.3 is 0 Å². The Morgan fingerprint density at radius 1 is 0.941 bits per heavy atom. The fraction of sp³-hybridized carbons (Fsp3) is 0.412. The molecule has 0 aromatic heterocycles. The van der Waals surface area contributed by atoms with Gasteiger partial charge in [-0.05, 0) is 48.0 Å². The predicted molar refractivity (Wildman–Crippen MR) is 75.2 cm³/mol. The van der Waals surface area contributed by atoms with Crippen LogP contribution in [0, 0.1) is 0 Å². The molecule has 0 spiro atoms. The van der Waals surface area contributed by atoms with Gasteiger partial charge in [0.15, 0.2) is 0 Å². The zero-order valence-corrected chi connectivity index (χ0v) is 11.0. The van der Waals surface area contributed by atoms with Gasteiger partial charge in [0, 0.05) is 0 Å². The highest BCUT2D eigenvalue weighted by Gasteiger charge is 2.16. The van der Waals surface area contributed by atoms with E-state index in [0.717, 1.165) is 19.3 Å². The third-order valence-corrected chi connectivity index (χ3v) is 3.42. The molecule has 0 bridgehead atoms. The number of rotatable bonds is 3. The second-order valence-electron chi connectivity index (χ2n) is 4.78. The minimum atomic E-state index is 1.12. The molecule has 0 fully saturated rings. The number of unbranched alkanes of at least 4 members (excludes halogenated alkanes) is 1. The summed E-state index contributed by atoms with van der Waals surface area (Å²) < 4.78 is 0. The summed E-state index contributed by atoms with van der Waals surface area (Å²) in [4.78, 5) is 0. The molecule has 0 radical (unpaired) electrons. The standard InChI is InChI=1S/C17H22/c1-3-5-9-15-13-17-11-7-6-10-16(17)12-14(15)8-4-2/h6-11H,3-5,12-13H2,1-2H3/b14-8-,15-9-. The quantitative estimate of drug-likeness (QED) is 0.691. The number of allylic oxidation sites excluding steroid dienone is 4. The Morgan fingerprint density at radius 2 is 1.53 bits per heavy atom. The lowest BCUT2D eigenvalue weighted by molar-refractivity contribution is 0.911. The molecular formula is C17H22. The summed E-state index contributed by atoms with van der Waals surface area (Å²) in [6.45, 7) is 4.47. The molecule has 0 saturated carbocycles. The van der Waals surface area contributed by atoms with Crippen LogP contribution in [0.1, 0.15) is 44.2 Å². The smallest absolute Gasteiger partial charge is 0.00234 e. The third-order valence-electron chi connectivity index (χ3n) is 3.42. The van der Waals surface area contributed by atoms with Crippen molar-refractivity contribution in [2.45, 2.75) is 46.0 Å². The minimum absolute atomic E-state index is 1.12. The van der Waals surface area contributed by atoms with Crippen LogP contribution in [0.5, 0.6) is 0 Å². The van der Waals surface area contributed by atoms with Crippen molar-refractivity contribution in [2.75, 3.05) is 0 Å². The lowest BCUT2D eigenvalue weighted by Crippen LogP contribution is -2.08. The van der Waals surface area contributed by atoms with Gasteiger partial charge in [-0.2, -0.15) is 0 Å². The largest absolute Gasteiger partial charge is 0.0810 e. The van der Waals surface area contributed by atoms with Crippen LogP contribution in [-0.2, 0) is 12.8 Å². The van der Waals surface area contributed by atoms with Crippen molar-refractivity contribution in [2.24, 2.45) is 0 Å². The molecule has 0 atom stereocenters. The summed E-state index contributed by atoms with van der Waals surface area (Å²) in [6.07, 6.45) is 10.7. The fourth-order valence-electron chi connectivity index (χ4n) is 2.51. The summed E-state index contributed by atoms with van der Waals surface area (Å²) >= 11 is 0. The van der Waals surface area contributed by atoms with E-state index in [0.29, 0.717) is 0 Å². The molecule has 0 nitrogen and oxygen atoms in total. The molecule has 0 N–H and O–H groups in total. The summed E-state index contributed by atoms with van der Waals surface area (Å²) in [5.74, 6) is 0. The molecule has 0 aliphatic heterocycles. The van der Waals surface area contributed by atoms with Crippen molar-refractivity contribution < 1.29 is 0 Å². The second-order valence-corrected chi connectivity index (χ2v) is 4.78. The van der Waals surface area contributed by atoms with Crippen molar-refractivity contribution in [3.05, 3.63) is 58.7 Å². The highest BCUT2D eigenvalue weighted by molar-refractivity contribution is 5.47. The Labute approximate surface area is 105 Å². The van der Waals surface area contributed by atoms with Gasteiger partial charge in [0.25, 0.3) is 0 Å². The molecule has 0 amide bonds. The zero-order chi connectivity index (χ0) is 12.1.